The molecule has 0 aliphatic carbocycles. The number of hydrogen-bond donors (Lipinski definition) is 2. The first kappa shape index (κ1) is 18.4. The Morgan fingerprint density at radius 3 is 2.48 bits per heavy atom. The van der Waals surface area contributed by atoms with Crippen molar-refractivity contribution in [1.82, 2.24) is 4.90 Å². The standard InChI is InChI=1S/C22H27N3OS/c26-22(25-14-12-24(13-15-25)17-21-7-4-16-27-21)18-23-10-8-20(9-11-23)19-5-2-1-3-6-19/h1-8,16H,9-15,17-18H2/p+2. The molecule has 3 heterocycles. The van der Waals surface area contributed by atoms with Gasteiger partial charge in [0.05, 0.1) is 44.1 Å². The van der Waals surface area contributed by atoms with E-state index in [1.807, 2.05) is 11.3 Å². The molecule has 1 aromatic carbocycles. The van der Waals surface area contributed by atoms with Crippen LogP contribution in [0.15, 0.2) is 53.9 Å². The number of amides is 1. The predicted molar refractivity (Wildman–Crippen MR) is 110 cm³/mol. The maximum atomic E-state index is 12.7. The average Bonchev–Trinajstić information content (AvgIpc) is 3.23. The first-order chi connectivity index (χ1) is 13.3. The van der Waals surface area contributed by atoms with Gasteiger partial charge in [0.25, 0.3) is 5.91 Å². The van der Waals surface area contributed by atoms with Crippen molar-refractivity contribution >= 4 is 22.8 Å². The normalized spacial score (nSPS) is 21.1. The summed E-state index contributed by atoms with van der Waals surface area (Å²) in [6.45, 7) is 7.68. The Morgan fingerprint density at radius 2 is 1.81 bits per heavy atom. The molecule has 1 saturated heterocycles. The summed E-state index contributed by atoms with van der Waals surface area (Å²) in [6.07, 6.45) is 3.38. The van der Waals surface area contributed by atoms with E-state index < -0.39 is 0 Å². The van der Waals surface area contributed by atoms with Crippen LogP contribution in [-0.4, -0.2) is 56.6 Å². The van der Waals surface area contributed by atoms with Crippen LogP contribution in [0.4, 0.5) is 0 Å². The van der Waals surface area contributed by atoms with Crippen LogP contribution in [0.2, 0.25) is 0 Å². The molecule has 1 unspecified atom stereocenters. The molecule has 1 aromatic heterocycles. The maximum Gasteiger partial charge on any atom is 0.278 e. The monoisotopic (exact) mass is 383 g/mol. The van der Waals surface area contributed by atoms with Gasteiger partial charge in [-0.25, -0.2) is 0 Å². The molecule has 142 valence electrons. The molecule has 0 spiro atoms. The average molecular weight is 384 g/mol. The van der Waals surface area contributed by atoms with Gasteiger partial charge < -0.3 is 14.7 Å². The zero-order valence-corrected chi connectivity index (χ0v) is 16.6. The van der Waals surface area contributed by atoms with Gasteiger partial charge >= 0.3 is 0 Å². The van der Waals surface area contributed by atoms with E-state index in [9.17, 15) is 4.79 Å². The fourth-order valence-electron chi connectivity index (χ4n) is 4.09. The van der Waals surface area contributed by atoms with Gasteiger partial charge in [-0.3, -0.25) is 4.79 Å². The smallest absolute Gasteiger partial charge is 0.278 e. The van der Waals surface area contributed by atoms with Gasteiger partial charge in [0.2, 0.25) is 0 Å². The molecule has 5 heteroatoms. The van der Waals surface area contributed by atoms with Crippen molar-refractivity contribution in [2.75, 3.05) is 45.8 Å². The van der Waals surface area contributed by atoms with E-state index in [4.69, 9.17) is 0 Å². The van der Waals surface area contributed by atoms with Crippen LogP contribution in [0.1, 0.15) is 16.9 Å². The van der Waals surface area contributed by atoms with E-state index >= 15 is 0 Å². The number of piperazine rings is 1. The largest absolute Gasteiger partial charge is 0.328 e. The summed E-state index contributed by atoms with van der Waals surface area (Å²) in [5.41, 5.74) is 2.75. The SMILES string of the molecule is O=C(C[NH+]1CC=C(c2ccccc2)CC1)N1CC[NH+](Cc2cccs2)CC1. The topological polar surface area (TPSA) is 29.2 Å². The van der Waals surface area contributed by atoms with Crippen LogP contribution in [0.25, 0.3) is 5.57 Å². The third-order valence-corrected chi connectivity index (χ3v) is 6.63. The van der Waals surface area contributed by atoms with E-state index in [-0.39, 0.29) is 0 Å². The predicted octanol–water partition coefficient (Wildman–Crippen LogP) is 0.347. The second-order valence-electron chi connectivity index (χ2n) is 7.61. The quantitative estimate of drug-likeness (QED) is 0.767. The maximum absolute atomic E-state index is 12.7. The van der Waals surface area contributed by atoms with Gasteiger partial charge in [0.15, 0.2) is 6.54 Å². The minimum Gasteiger partial charge on any atom is -0.328 e. The molecule has 4 rings (SSSR count). The lowest BCUT2D eigenvalue weighted by Gasteiger charge is -2.33. The highest BCUT2D eigenvalue weighted by molar-refractivity contribution is 7.09. The number of quaternary nitrogens is 2. The fraction of sp³-hybridized carbons (Fsp3) is 0.409. The third-order valence-electron chi connectivity index (χ3n) is 5.76. The van der Waals surface area contributed by atoms with Crippen molar-refractivity contribution in [2.24, 2.45) is 0 Å². The zero-order valence-electron chi connectivity index (χ0n) is 15.8. The molecule has 1 amide bonds. The van der Waals surface area contributed by atoms with Crippen LogP contribution in [-0.2, 0) is 11.3 Å². The minimum atomic E-state index is 0.330. The van der Waals surface area contributed by atoms with Crippen molar-refractivity contribution in [3.8, 4) is 0 Å². The summed E-state index contributed by atoms with van der Waals surface area (Å²) in [4.78, 5) is 19.2. The molecule has 1 atom stereocenters. The fourth-order valence-corrected chi connectivity index (χ4v) is 4.87. The molecule has 2 aliphatic rings. The number of thiophene rings is 1. The molecular weight excluding hydrogens is 354 g/mol. The number of carbonyl (C=O) groups is 1. The molecule has 2 aliphatic heterocycles. The molecule has 0 saturated carbocycles. The number of nitrogens with zero attached hydrogens (tertiary/aromatic N) is 1. The van der Waals surface area contributed by atoms with Crippen LogP contribution >= 0.6 is 11.3 Å². The summed E-state index contributed by atoms with van der Waals surface area (Å²) in [5, 5.41) is 2.15. The molecule has 1 fully saturated rings. The second-order valence-corrected chi connectivity index (χ2v) is 8.65. The highest BCUT2D eigenvalue weighted by atomic mass is 32.1. The number of nitrogens with one attached hydrogen (secondary N) is 2. The summed E-state index contributed by atoms with van der Waals surface area (Å²) >= 11 is 1.84. The first-order valence-corrected chi connectivity index (χ1v) is 10.9. The van der Waals surface area contributed by atoms with Gasteiger partial charge in [-0.2, -0.15) is 0 Å². The third kappa shape index (κ3) is 4.86. The summed E-state index contributed by atoms with van der Waals surface area (Å²) in [7, 11) is 0. The highest BCUT2D eigenvalue weighted by Gasteiger charge is 2.27. The molecule has 4 nitrogen and oxygen atoms in total. The summed E-state index contributed by atoms with van der Waals surface area (Å²) in [6, 6.07) is 15.0. The number of hydrogen-bond acceptors (Lipinski definition) is 2. The van der Waals surface area contributed by atoms with Crippen molar-refractivity contribution in [3.05, 3.63) is 64.4 Å². The van der Waals surface area contributed by atoms with Gasteiger partial charge in [-0.05, 0) is 28.7 Å². The summed E-state index contributed by atoms with van der Waals surface area (Å²) in [5.74, 6) is 0.330. The Balaban J connectivity index is 1.23. The van der Waals surface area contributed by atoms with Crippen molar-refractivity contribution in [3.63, 3.8) is 0 Å². The Labute approximate surface area is 165 Å². The second kappa shape index (κ2) is 8.83. The van der Waals surface area contributed by atoms with Crippen molar-refractivity contribution in [1.29, 1.82) is 0 Å². The Bertz CT molecular complexity index is 764. The van der Waals surface area contributed by atoms with Crippen LogP contribution in [0, 0.1) is 0 Å². The van der Waals surface area contributed by atoms with E-state index in [0.717, 1.165) is 52.2 Å². The van der Waals surface area contributed by atoms with E-state index in [1.54, 1.807) is 4.90 Å². The van der Waals surface area contributed by atoms with Gasteiger partial charge in [-0.15, -0.1) is 11.3 Å². The Kier molecular flexibility index (Phi) is 6.02. The van der Waals surface area contributed by atoms with Crippen LogP contribution in [0.5, 0.6) is 0 Å². The molecule has 0 bridgehead atoms. The molecule has 27 heavy (non-hydrogen) atoms. The highest BCUT2D eigenvalue weighted by Crippen LogP contribution is 2.17. The molecule has 2 aromatic rings. The molecule has 2 N–H and O–H groups in total. The van der Waals surface area contributed by atoms with Crippen LogP contribution in [0.3, 0.4) is 0 Å². The number of rotatable bonds is 5. The number of benzene rings is 1. The molecule has 0 radical (unpaired) electrons. The first-order valence-electron chi connectivity index (χ1n) is 9.99. The Morgan fingerprint density at radius 1 is 1.00 bits per heavy atom. The Hall–Kier alpha value is -1.95. The zero-order chi connectivity index (χ0) is 18.5. The van der Waals surface area contributed by atoms with Gasteiger partial charge in [-0.1, -0.05) is 36.4 Å². The molecular formula is C22H29N3OS+2. The lowest BCUT2D eigenvalue weighted by Crippen LogP contribution is -3.15. The van der Waals surface area contributed by atoms with Crippen LogP contribution < -0.4 is 9.80 Å². The van der Waals surface area contributed by atoms with Crippen molar-refractivity contribution < 1.29 is 14.6 Å². The lowest BCUT2D eigenvalue weighted by atomic mass is 9.99. The minimum absolute atomic E-state index is 0.330. The van der Waals surface area contributed by atoms with Gasteiger partial charge in [0.1, 0.15) is 6.54 Å². The van der Waals surface area contributed by atoms with E-state index in [0.29, 0.717) is 12.5 Å². The number of carbonyl (C=O) groups excluding carboxylic acids is 1. The van der Waals surface area contributed by atoms with E-state index in [1.165, 1.54) is 20.9 Å². The van der Waals surface area contributed by atoms with Gasteiger partial charge in [0, 0.05) is 6.42 Å². The summed E-state index contributed by atoms with van der Waals surface area (Å²) < 4.78 is 0. The lowest BCUT2D eigenvalue weighted by molar-refractivity contribution is -0.917. The van der Waals surface area contributed by atoms with E-state index in [2.05, 4.69) is 58.8 Å². The van der Waals surface area contributed by atoms with Crippen molar-refractivity contribution in [2.45, 2.75) is 13.0 Å².